The first-order valence-corrected chi connectivity index (χ1v) is 13.2. The van der Waals surface area contributed by atoms with Crippen molar-refractivity contribution in [3.8, 4) is 33.4 Å². The van der Waals surface area contributed by atoms with Crippen molar-refractivity contribution in [2.24, 2.45) is 0 Å². The van der Waals surface area contributed by atoms with Gasteiger partial charge in [0.25, 0.3) is 0 Å². The van der Waals surface area contributed by atoms with Crippen LogP contribution in [0.5, 0.6) is 0 Å². The molecule has 2 nitrogen and oxygen atoms in total. The summed E-state index contributed by atoms with van der Waals surface area (Å²) in [5, 5.41) is 1.47. The van der Waals surface area contributed by atoms with Crippen LogP contribution in [-0.2, 0) is 0 Å². The van der Waals surface area contributed by atoms with Crippen LogP contribution in [0.4, 0.5) is 0 Å². The standard InChI is InChI=1S/C40H24O2/c1-3-11-25(12-4-1)35-24-41-36-23-38-33(22-34(35)36)28-20-19-27(21-37(28)42-38)40-31-17-9-7-15-29(31)39(26-13-5-2-6-14-26)30-16-8-10-18-32(30)40/h1-24H/i2D,5D,6D,7D,8D,9D,10D,13D,14D,15D,16D,17D,18D. The number of furan rings is 2. The Hall–Kier alpha value is -5.60. The molecule has 0 spiro atoms. The molecule has 0 atom stereocenters. The molecule has 2 aromatic heterocycles. The largest absolute Gasteiger partial charge is 0.464 e. The van der Waals surface area contributed by atoms with Crippen molar-refractivity contribution in [3.63, 3.8) is 0 Å². The molecule has 0 unspecified atom stereocenters. The summed E-state index contributed by atoms with van der Waals surface area (Å²) in [4.78, 5) is 0. The summed E-state index contributed by atoms with van der Waals surface area (Å²) >= 11 is 0. The maximum absolute atomic E-state index is 9.19. The highest BCUT2D eigenvalue weighted by Crippen LogP contribution is 2.45. The predicted molar refractivity (Wildman–Crippen MR) is 175 cm³/mol. The second-order valence-corrected chi connectivity index (χ2v) is 9.92. The zero-order valence-electron chi connectivity index (χ0n) is 34.7. The van der Waals surface area contributed by atoms with Gasteiger partial charge in [-0.05, 0) is 67.6 Å². The number of fused-ring (bicyclic) bond motifs is 6. The quantitative estimate of drug-likeness (QED) is 0.205. The van der Waals surface area contributed by atoms with Crippen molar-refractivity contribution < 1.29 is 26.7 Å². The van der Waals surface area contributed by atoms with Crippen molar-refractivity contribution in [2.75, 3.05) is 0 Å². The fraction of sp³-hybridized carbons (Fsp3) is 0. The second kappa shape index (κ2) is 8.95. The van der Waals surface area contributed by atoms with E-state index >= 15 is 0 Å². The van der Waals surface area contributed by atoms with Crippen LogP contribution in [-0.4, -0.2) is 0 Å². The maximum atomic E-state index is 9.19. The average molecular weight is 550 g/mol. The van der Waals surface area contributed by atoms with E-state index in [1.54, 1.807) is 30.5 Å². The fourth-order valence-corrected chi connectivity index (χ4v) is 5.83. The van der Waals surface area contributed by atoms with Crippen LogP contribution in [0, 0.1) is 0 Å². The molecule has 196 valence electrons. The van der Waals surface area contributed by atoms with E-state index in [4.69, 9.17) is 23.9 Å². The van der Waals surface area contributed by atoms with Gasteiger partial charge in [-0.2, -0.15) is 0 Å². The van der Waals surface area contributed by atoms with Crippen molar-refractivity contribution in [1.82, 2.24) is 0 Å². The summed E-state index contributed by atoms with van der Waals surface area (Å²) in [7, 11) is 0. The average Bonchev–Trinajstić information content (AvgIpc) is 3.77. The second-order valence-electron chi connectivity index (χ2n) is 9.92. The highest BCUT2D eigenvalue weighted by atomic mass is 16.3. The molecule has 0 aliphatic heterocycles. The van der Waals surface area contributed by atoms with Gasteiger partial charge < -0.3 is 8.83 Å². The Balaban J connectivity index is 1.45. The molecule has 0 amide bonds. The molecule has 0 aliphatic carbocycles. The normalized spacial score (nSPS) is 16.1. The molecule has 2 heterocycles. The lowest BCUT2D eigenvalue weighted by molar-refractivity contribution is 0.614. The Morgan fingerprint density at radius 2 is 1.05 bits per heavy atom. The molecule has 0 bridgehead atoms. The topological polar surface area (TPSA) is 26.3 Å². The van der Waals surface area contributed by atoms with Gasteiger partial charge in [-0.3, -0.25) is 0 Å². The molecule has 7 aromatic carbocycles. The molecule has 0 fully saturated rings. The summed E-state index contributed by atoms with van der Waals surface area (Å²) in [6.45, 7) is 0. The minimum Gasteiger partial charge on any atom is -0.464 e. The SMILES string of the molecule is [2H]c1c([2H])c([2H])c(-c2c3c([2H])c([2H])c([2H])c([2H])c3c(-c3ccc4c(c3)oc3cc5occ(-c6ccccc6)c5cc34)c3c([2H])c([2H])c([2H])c([2H])c23)c([2H])c1[2H]. The molecule has 2 heteroatoms. The van der Waals surface area contributed by atoms with E-state index in [0.29, 0.717) is 22.1 Å². The van der Waals surface area contributed by atoms with Gasteiger partial charge in [0.1, 0.15) is 16.7 Å². The molecule has 0 radical (unpaired) electrons. The Morgan fingerprint density at radius 3 is 1.74 bits per heavy atom. The highest BCUT2D eigenvalue weighted by Gasteiger charge is 2.18. The van der Waals surface area contributed by atoms with Crippen LogP contribution in [0.2, 0.25) is 0 Å². The van der Waals surface area contributed by atoms with Crippen molar-refractivity contribution in [3.05, 3.63) is 145 Å². The third kappa shape index (κ3) is 3.39. The lowest BCUT2D eigenvalue weighted by Gasteiger charge is -2.17. The molecular weight excluding hydrogens is 512 g/mol. The van der Waals surface area contributed by atoms with Crippen LogP contribution < -0.4 is 0 Å². The Labute approximate surface area is 260 Å². The predicted octanol–water partition coefficient (Wildman–Crippen LogP) is 11.6. The number of benzene rings is 7. The minimum absolute atomic E-state index is 0.0302. The van der Waals surface area contributed by atoms with E-state index in [-0.39, 0.29) is 38.2 Å². The zero-order valence-corrected chi connectivity index (χ0v) is 21.7. The first kappa shape index (κ1) is 13.8. The van der Waals surface area contributed by atoms with Crippen LogP contribution in [0.1, 0.15) is 17.8 Å². The van der Waals surface area contributed by atoms with Gasteiger partial charge in [0.2, 0.25) is 0 Å². The molecule has 9 aromatic rings. The molecular formula is C40H24O2. The van der Waals surface area contributed by atoms with Gasteiger partial charge in [0.05, 0.1) is 24.1 Å². The number of hydrogen-bond acceptors (Lipinski definition) is 2. The molecule has 0 aliphatic rings. The number of rotatable bonds is 3. The first-order chi connectivity index (χ1) is 26.2. The fourth-order valence-electron chi connectivity index (χ4n) is 5.83. The van der Waals surface area contributed by atoms with Crippen LogP contribution in [0.15, 0.2) is 154 Å². The first-order valence-electron chi connectivity index (χ1n) is 19.7. The van der Waals surface area contributed by atoms with E-state index in [0.717, 1.165) is 21.9 Å². The zero-order chi connectivity index (χ0) is 38.9. The molecule has 0 saturated carbocycles. The van der Waals surface area contributed by atoms with Gasteiger partial charge in [0, 0.05) is 27.8 Å². The van der Waals surface area contributed by atoms with Crippen LogP contribution in [0.3, 0.4) is 0 Å². The third-order valence-electron chi connectivity index (χ3n) is 7.67. The van der Waals surface area contributed by atoms with Crippen molar-refractivity contribution in [1.29, 1.82) is 0 Å². The van der Waals surface area contributed by atoms with Crippen LogP contribution in [0.25, 0.3) is 87.8 Å². The lowest BCUT2D eigenvalue weighted by Crippen LogP contribution is -1.90. The van der Waals surface area contributed by atoms with Gasteiger partial charge in [-0.15, -0.1) is 0 Å². The molecule has 0 N–H and O–H groups in total. The Bertz CT molecular complexity index is 3070. The van der Waals surface area contributed by atoms with Crippen LogP contribution >= 0.6 is 0 Å². The molecule has 9 rings (SSSR count). The monoisotopic (exact) mass is 549 g/mol. The van der Waals surface area contributed by atoms with E-state index in [1.165, 1.54) is 0 Å². The minimum atomic E-state index is -0.721. The van der Waals surface area contributed by atoms with Crippen molar-refractivity contribution >= 4 is 54.5 Å². The van der Waals surface area contributed by atoms with Gasteiger partial charge in [0.15, 0.2) is 0 Å². The summed E-state index contributed by atoms with van der Waals surface area (Å²) in [5.74, 6) is 0. The third-order valence-corrected chi connectivity index (χ3v) is 7.67. The van der Waals surface area contributed by atoms with E-state index in [2.05, 4.69) is 0 Å². The molecule has 42 heavy (non-hydrogen) atoms. The highest BCUT2D eigenvalue weighted by molar-refractivity contribution is 6.22. The Kier molecular flexibility index (Phi) is 2.95. The van der Waals surface area contributed by atoms with E-state index in [9.17, 15) is 2.74 Å². The molecule has 0 saturated heterocycles. The smallest absolute Gasteiger partial charge is 0.139 e. The van der Waals surface area contributed by atoms with E-state index < -0.39 is 84.1 Å². The van der Waals surface area contributed by atoms with Crippen molar-refractivity contribution in [2.45, 2.75) is 0 Å². The Morgan fingerprint density at radius 1 is 0.429 bits per heavy atom. The van der Waals surface area contributed by atoms with Gasteiger partial charge >= 0.3 is 0 Å². The summed E-state index contributed by atoms with van der Waals surface area (Å²) in [5.41, 5.74) is 2.86. The van der Waals surface area contributed by atoms with Gasteiger partial charge in [-0.1, -0.05) is 115 Å². The summed E-state index contributed by atoms with van der Waals surface area (Å²) in [6.07, 6.45) is 1.69. The summed E-state index contributed by atoms with van der Waals surface area (Å²) in [6, 6.07) is 10.1. The number of hydrogen-bond donors (Lipinski definition) is 0. The summed E-state index contributed by atoms with van der Waals surface area (Å²) < 4.78 is 126. The van der Waals surface area contributed by atoms with Gasteiger partial charge in [-0.25, -0.2) is 0 Å². The maximum Gasteiger partial charge on any atom is 0.139 e. The van der Waals surface area contributed by atoms with E-state index in [1.807, 2.05) is 36.4 Å². The lowest BCUT2D eigenvalue weighted by atomic mass is 9.86.